The van der Waals surface area contributed by atoms with Crippen molar-refractivity contribution in [2.75, 3.05) is 13.2 Å². The maximum Gasteiger partial charge on any atom is 0.226 e. The Labute approximate surface area is 193 Å². The monoisotopic (exact) mass is 461 g/mol. The Kier molecular flexibility index (Phi) is 6.52. The van der Waals surface area contributed by atoms with Crippen molar-refractivity contribution in [1.82, 2.24) is 5.32 Å². The number of hydrogen-bond acceptors (Lipinski definition) is 3. The van der Waals surface area contributed by atoms with E-state index in [9.17, 15) is 4.79 Å². The van der Waals surface area contributed by atoms with Crippen molar-refractivity contribution in [2.24, 2.45) is 11.3 Å². The molecule has 2 aromatic rings. The smallest absolute Gasteiger partial charge is 0.226 e. The van der Waals surface area contributed by atoms with Gasteiger partial charge in [0.15, 0.2) is 0 Å². The summed E-state index contributed by atoms with van der Waals surface area (Å²) in [6, 6.07) is 14.0. The number of amides is 1. The van der Waals surface area contributed by atoms with Gasteiger partial charge in [-0.1, -0.05) is 48.3 Å². The lowest BCUT2D eigenvalue weighted by Crippen LogP contribution is -2.42. The van der Waals surface area contributed by atoms with Crippen LogP contribution in [0.25, 0.3) is 0 Å². The largest absolute Gasteiger partial charge is 0.493 e. The summed E-state index contributed by atoms with van der Waals surface area (Å²) >= 11 is 12.9. The summed E-state index contributed by atoms with van der Waals surface area (Å²) in [5.41, 5.74) is 1.89. The first kappa shape index (κ1) is 22.4. The van der Waals surface area contributed by atoms with Gasteiger partial charge in [0.05, 0.1) is 12.0 Å². The SMILES string of the molecule is C[C@H]1NC(=O)[C@]2(C)CC[C@@H](c3ccc(OCCCO)cc3Cl)[C@H](c3ccc(Cl)cc3)[C@H]12. The molecule has 1 heterocycles. The number of benzene rings is 2. The van der Waals surface area contributed by atoms with Crippen molar-refractivity contribution in [2.45, 2.75) is 51.0 Å². The van der Waals surface area contributed by atoms with Gasteiger partial charge in [0.1, 0.15) is 5.75 Å². The topological polar surface area (TPSA) is 58.6 Å². The van der Waals surface area contributed by atoms with E-state index in [1.807, 2.05) is 24.3 Å². The van der Waals surface area contributed by atoms with Crippen molar-refractivity contribution < 1.29 is 14.6 Å². The van der Waals surface area contributed by atoms with Gasteiger partial charge in [0.2, 0.25) is 5.91 Å². The second-order valence-corrected chi connectivity index (χ2v) is 9.88. The van der Waals surface area contributed by atoms with E-state index in [-0.39, 0.29) is 41.7 Å². The Hall–Kier alpha value is -1.75. The highest BCUT2D eigenvalue weighted by molar-refractivity contribution is 6.31. The maximum absolute atomic E-state index is 12.9. The van der Waals surface area contributed by atoms with E-state index in [2.05, 4.69) is 37.4 Å². The van der Waals surface area contributed by atoms with Gasteiger partial charge in [-0.2, -0.15) is 0 Å². The molecule has 5 atom stereocenters. The van der Waals surface area contributed by atoms with Crippen molar-refractivity contribution >= 4 is 29.1 Å². The predicted octanol–water partition coefficient (Wildman–Crippen LogP) is 5.56. The van der Waals surface area contributed by atoms with Crippen LogP contribution in [0.2, 0.25) is 10.0 Å². The molecule has 1 saturated heterocycles. The van der Waals surface area contributed by atoms with Crippen molar-refractivity contribution in [3.8, 4) is 5.75 Å². The van der Waals surface area contributed by atoms with Gasteiger partial charge >= 0.3 is 0 Å². The van der Waals surface area contributed by atoms with Crippen LogP contribution >= 0.6 is 23.2 Å². The molecule has 1 aliphatic heterocycles. The van der Waals surface area contributed by atoms with E-state index in [1.54, 1.807) is 0 Å². The summed E-state index contributed by atoms with van der Waals surface area (Å²) in [4.78, 5) is 12.9. The molecule has 0 spiro atoms. The Balaban J connectivity index is 1.72. The molecule has 31 heavy (non-hydrogen) atoms. The average Bonchev–Trinajstić information content (AvgIpc) is 2.97. The van der Waals surface area contributed by atoms with E-state index in [4.69, 9.17) is 33.0 Å². The Morgan fingerprint density at radius 2 is 1.94 bits per heavy atom. The second kappa shape index (κ2) is 9.01. The number of aliphatic hydroxyl groups excluding tert-OH is 1. The summed E-state index contributed by atoms with van der Waals surface area (Å²) in [5.74, 6) is 1.35. The van der Waals surface area contributed by atoms with Gasteiger partial charge in [-0.25, -0.2) is 0 Å². The summed E-state index contributed by atoms with van der Waals surface area (Å²) in [6.45, 7) is 4.77. The van der Waals surface area contributed by atoms with Crippen LogP contribution in [0.15, 0.2) is 42.5 Å². The molecule has 1 amide bonds. The first-order valence-corrected chi connectivity index (χ1v) is 11.7. The van der Waals surface area contributed by atoms with Crippen molar-refractivity contribution in [1.29, 1.82) is 0 Å². The molecule has 0 unspecified atom stereocenters. The van der Waals surface area contributed by atoms with Crippen LogP contribution < -0.4 is 10.1 Å². The first-order valence-electron chi connectivity index (χ1n) is 10.9. The molecule has 4 rings (SSSR count). The summed E-state index contributed by atoms with van der Waals surface area (Å²) < 4.78 is 5.70. The third-order valence-electron chi connectivity index (χ3n) is 7.14. The highest BCUT2D eigenvalue weighted by Crippen LogP contribution is 2.59. The zero-order valence-electron chi connectivity index (χ0n) is 17.9. The molecule has 0 bridgehead atoms. The van der Waals surface area contributed by atoms with Crippen molar-refractivity contribution in [3.63, 3.8) is 0 Å². The Morgan fingerprint density at radius 3 is 2.61 bits per heavy atom. The van der Waals surface area contributed by atoms with Gasteiger partial charge in [-0.05, 0) is 67.0 Å². The summed E-state index contributed by atoms with van der Waals surface area (Å²) in [6.07, 6.45) is 2.29. The molecule has 2 aromatic carbocycles. The molecular formula is C25H29Cl2NO3. The molecule has 1 aliphatic carbocycles. The minimum atomic E-state index is -0.389. The van der Waals surface area contributed by atoms with Crippen molar-refractivity contribution in [3.05, 3.63) is 63.6 Å². The van der Waals surface area contributed by atoms with Crippen LogP contribution in [0.3, 0.4) is 0 Å². The summed E-state index contributed by atoms with van der Waals surface area (Å²) in [5, 5.41) is 13.5. The number of rotatable bonds is 6. The maximum atomic E-state index is 12.9. The van der Waals surface area contributed by atoms with Crippen LogP contribution in [-0.4, -0.2) is 30.3 Å². The highest BCUT2D eigenvalue weighted by atomic mass is 35.5. The summed E-state index contributed by atoms with van der Waals surface area (Å²) in [7, 11) is 0. The van der Waals surface area contributed by atoms with Gasteiger partial charge in [-0.15, -0.1) is 0 Å². The zero-order valence-corrected chi connectivity index (χ0v) is 19.4. The van der Waals surface area contributed by atoms with Crippen LogP contribution in [0.5, 0.6) is 5.75 Å². The molecule has 0 aromatic heterocycles. The quantitative estimate of drug-likeness (QED) is 0.553. The molecule has 6 heteroatoms. The Bertz CT molecular complexity index is 948. The molecule has 0 radical (unpaired) electrons. The number of ether oxygens (including phenoxy) is 1. The van der Waals surface area contributed by atoms with E-state index in [0.717, 1.165) is 18.4 Å². The fourth-order valence-electron chi connectivity index (χ4n) is 5.66. The first-order chi connectivity index (χ1) is 14.8. The van der Waals surface area contributed by atoms with Crippen LogP contribution in [0.4, 0.5) is 0 Å². The van der Waals surface area contributed by atoms with Gasteiger partial charge < -0.3 is 15.2 Å². The molecule has 2 aliphatic rings. The molecule has 2 N–H and O–H groups in total. The molecule has 2 fully saturated rings. The third-order valence-corrected chi connectivity index (χ3v) is 7.72. The van der Waals surface area contributed by atoms with Gasteiger partial charge in [0.25, 0.3) is 0 Å². The number of hydrogen-bond donors (Lipinski definition) is 2. The van der Waals surface area contributed by atoms with Crippen LogP contribution in [0.1, 0.15) is 56.1 Å². The lowest BCUT2D eigenvalue weighted by molar-refractivity contribution is -0.129. The Morgan fingerprint density at radius 1 is 1.19 bits per heavy atom. The molecule has 4 nitrogen and oxygen atoms in total. The standard InChI is InChI=1S/C25H29Cl2NO3/c1-15-23-22(16-4-6-17(26)7-5-16)20(10-11-25(23,2)24(30)28-15)19-9-8-18(14-21(19)27)31-13-3-12-29/h4-9,14-15,20,22-23,29H,3,10-13H2,1-2H3,(H,28,30)/t15-,20+,22+,23+,25-/m1/s1. The van der Waals surface area contributed by atoms with E-state index in [0.29, 0.717) is 28.8 Å². The van der Waals surface area contributed by atoms with E-state index >= 15 is 0 Å². The minimum Gasteiger partial charge on any atom is -0.493 e. The number of carbonyl (C=O) groups excluding carboxylic acids is 1. The highest BCUT2D eigenvalue weighted by Gasteiger charge is 2.57. The predicted molar refractivity (Wildman–Crippen MR) is 124 cm³/mol. The lowest BCUT2D eigenvalue weighted by atomic mass is 9.56. The van der Waals surface area contributed by atoms with Crippen LogP contribution in [0, 0.1) is 11.3 Å². The van der Waals surface area contributed by atoms with E-state index in [1.165, 1.54) is 5.56 Å². The molecule has 166 valence electrons. The molecular weight excluding hydrogens is 433 g/mol. The average molecular weight is 462 g/mol. The third kappa shape index (κ3) is 4.18. The second-order valence-electron chi connectivity index (χ2n) is 9.04. The van der Waals surface area contributed by atoms with Gasteiger partial charge in [0, 0.05) is 35.0 Å². The lowest BCUT2D eigenvalue weighted by Gasteiger charge is -2.46. The minimum absolute atomic E-state index is 0.0841. The molecule has 1 saturated carbocycles. The fourth-order valence-corrected chi connectivity index (χ4v) is 6.10. The van der Waals surface area contributed by atoms with E-state index < -0.39 is 0 Å². The number of nitrogens with one attached hydrogen (secondary N) is 1. The fraction of sp³-hybridized carbons (Fsp3) is 0.480. The zero-order chi connectivity index (χ0) is 22.2. The van der Waals surface area contributed by atoms with Gasteiger partial charge in [-0.3, -0.25) is 4.79 Å². The number of halogens is 2. The number of carbonyl (C=O) groups is 1. The van der Waals surface area contributed by atoms with Crippen LogP contribution in [-0.2, 0) is 4.79 Å². The number of fused-ring (bicyclic) bond motifs is 1. The number of aliphatic hydroxyl groups is 1. The normalized spacial score (nSPS) is 30.0.